The molecule has 0 atom stereocenters. The monoisotopic (exact) mass is 205 g/mol. The molecule has 1 aromatic rings. The summed E-state index contributed by atoms with van der Waals surface area (Å²) in [7, 11) is 0. The van der Waals surface area contributed by atoms with Gasteiger partial charge in [-0.25, -0.2) is 4.98 Å². The van der Waals surface area contributed by atoms with Crippen molar-refractivity contribution in [2.75, 3.05) is 0 Å². The fourth-order valence-corrected chi connectivity index (χ4v) is 0.858. The first-order chi connectivity index (χ1) is 6.39. The van der Waals surface area contributed by atoms with Crippen molar-refractivity contribution < 1.29 is 23.1 Å². The largest absolute Gasteiger partial charge is 0.481 e. The zero-order valence-corrected chi connectivity index (χ0v) is 7.46. The smallest absolute Gasteiger partial charge is 0.319 e. The lowest BCUT2D eigenvalue weighted by molar-refractivity contribution is -0.136. The summed E-state index contributed by atoms with van der Waals surface area (Å²) < 4.78 is 29.7. The van der Waals surface area contributed by atoms with Gasteiger partial charge in [-0.15, -0.1) is 0 Å². The van der Waals surface area contributed by atoms with Crippen LogP contribution < -0.4 is 0 Å². The SMILES string of the molecule is CC(F)(F)c1nc(CCC(=O)O)co1. The third-order valence-corrected chi connectivity index (χ3v) is 1.52. The molecule has 0 radical (unpaired) electrons. The summed E-state index contributed by atoms with van der Waals surface area (Å²) >= 11 is 0. The third kappa shape index (κ3) is 2.79. The van der Waals surface area contributed by atoms with E-state index in [-0.39, 0.29) is 18.5 Å². The zero-order valence-electron chi connectivity index (χ0n) is 7.46. The van der Waals surface area contributed by atoms with E-state index in [9.17, 15) is 13.6 Å². The Labute approximate surface area is 78.6 Å². The van der Waals surface area contributed by atoms with Gasteiger partial charge in [-0.3, -0.25) is 4.79 Å². The Morgan fingerprint density at radius 3 is 2.79 bits per heavy atom. The van der Waals surface area contributed by atoms with Crippen molar-refractivity contribution in [3.63, 3.8) is 0 Å². The molecular formula is C8H9F2NO3. The molecule has 14 heavy (non-hydrogen) atoms. The molecule has 0 spiro atoms. The minimum absolute atomic E-state index is 0.0922. The van der Waals surface area contributed by atoms with E-state index in [1.807, 2.05) is 0 Å². The van der Waals surface area contributed by atoms with Crippen molar-refractivity contribution in [2.45, 2.75) is 25.7 Å². The molecule has 0 aliphatic carbocycles. The van der Waals surface area contributed by atoms with Crippen LogP contribution in [0.2, 0.25) is 0 Å². The predicted molar refractivity (Wildman–Crippen MR) is 42.0 cm³/mol. The van der Waals surface area contributed by atoms with E-state index in [2.05, 4.69) is 9.40 Å². The van der Waals surface area contributed by atoms with Gasteiger partial charge >= 0.3 is 11.9 Å². The highest BCUT2D eigenvalue weighted by atomic mass is 19.3. The second-order valence-corrected chi connectivity index (χ2v) is 2.93. The molecule has 0 unspecified atom stereocenters. The summed E-state index contributed by atoms with van der Waals surface area (Å²) in [6.07, 6.45) is 0.992. The average Bonchev–Trinajstić information content (AvgIpc) is 2.47. The van der Waals surface area contributed by atoms with E-state index in [1.165, 1.54) is 0 Å². The van der Waals surface area contributed by atoms with E-state index < -0.39 is 17.8 Å². The van der Waals surface area contributed by atoms with Gasteiger partial charge in [0.1, 0.15) is 6.26 Å². The predicted octanol–water partition coefficient (Wildman–Crippen LogP) is 1.80. The summed E-state index contributed by atoms with van der Waals surface area (Å²) in [6, 6.07) is 0. The number of alkyl halides is 2. The number of carboxylic acid groups (broad SMARTS) is 1. The van der Waals surface area contributed by atoms with Crippen LogP contribution in [0.5, 0.6) is 0 Å². The molecule has 78 valence electrons. The molecule has 0 saturated carbocycles. The van der Waals surface area contributed by atoms with Gasteiger partial charge in [0, 0.05) is 13.3 Å². The van der Waals surface area contributed by atoms with Crippen molar-refractivity contribution in [1.29, 1.82) is 0 Å². The molecule has 0 amide bonds. The van der Waals surface area contributed by atoms with Crippen LogP contribution in [0.15, 0.2) is 10.7 Å². The molecule has 0 saturated heterocycles. The summed E-state index contributed by atoms with van der Waals surface area (Å²) in [4.78, 5) is 13.6. The minimum atomic E-state index is -3.12. The molecule has 0 bridgehead atoms. The van der Waals surface area contributed by atoms with E-state index in [0.29, 0.717) is 6.92 Å². The average molecular weight is 205 g/mol. The Morgan fingerprint density at radius 1 is 1.71 bits per heavy atom. The van der Waals surface area contributed by atoms with Crippen LogP contribution in [0.25, 0.3) is 0 Å². The highest BCUT2D eigenvalue weighted by molar-refractivity contribution is 5.66. The molecule has 1 heterocycles. The summed E-state index contributed by atoms with van der Waals surface area (Å²) in [6.45, 7) is 0.666. The molecule has 1 rings (SSSR count). The van der Waals surface area contributed by atoms with Crippen LogP contribution in [0.3, 0.4) is 0 Å². The molecule has 4 nitrogen and oxygen atoms in total. The number of nitrogens with zero attached hydrogens (tertiary/aromatic N) is 1. The Kier molecular flexibility index (Phi) is 2.83. The first-order valence-corrected chi connectivity index (χ1v) is 3.94. The Hall–Kier alpha value is -1.46. The van der Waals surface area contributed by atoms with Gasteiger partial charge in [-0.1, -0.05) is 0 Å². The van der Waals surface area contributed by atoms with E-state index >= 15 is 0 Å². The number of aromatic nitrogens is 1. The van der Waals surface area contributed by atoms with Crippen LogP contribution in [-0.4, -0.2) is 16.1 Å². The van der Waals surface area contributed by atoms with Crippen molar-refractivity contribution in [1.82, 2.24) is 4.98 Å². The maximum absolute atomic E-state index is 12.6. The van der Waals surface area contributed by atoms with Gasteiger partial charge in [0.25, 0.3) is 5.89 Å². The Bertz CT molecular complexity index is 330. The van der Waals surface area contributed by atoms with Crippen molar-refractivity contribution >= 4 is 5.97 Å². The van der Waals surface area contributed by atoms with E-state index in [0.717, 1.165) is 6.26 Å². The number of hydrogen-bond donors (Lipinski definition) is 1. The molecule has 0 aromatic carbocycles. The van der Waals surface area contributed by atoms with E-state index in [4.69, 9.17) is 5.11 Å². The number of oxazole rings is 1. The number of aliphatic carboxylic acids is 1. The van der Waals surface area contributed by atoms with Gasteiger partial charge in [0.2, 0.25) is 0 Å². The number of halogens is 2. The van der Waals surface area contributed by atoms with Gasteiger partial charge in [0.15, 0.2) is 0 Å². The highest BCUT2D eigenvalue weighted by Gasteiger charge is 2.30. The first-order valence-electron chi connectivity index (χ1n) is 3.94. The Morgan fingerprint density at radius 2 is 2.36 bits per heavy atom. The maximum atomic E-state index is 12.6. The fraction of sp³-hybridized carbons (Fsp3) is 0.500. The summed E-state index contributed by atoms with van der Waals surface area (Å²) in [5, 5.41) is 8.33. The maximum Gasteiger partial charge on any atom is 0.319 e. The number of carboxylic acids is 1. The van der Waals surface area contributed by atoms with Gasteiger partial charge in [0.05, 0.1) is 12.1 Å². The number of carbonyl (C=O) groups is 1. The number of rotatable bonds is 4. The Balaban J connectivity index is 2.64. The number of aryl methyl sites for hydroxylation is 1. The van der Waals surface area contributed by atoms with Crippen LogP contribution in [0.4, 0.5) is 8.78 Å². The molecule has 0 aliphatic heterocycles. The van der Waals surface area contributed by atoms with Crippen molar-refractivity contribution in [3.8, 4) is 0 Å². The van der Waals surface area contributed by atoms with Crippen LogP contribution in [0, 0.1) is 0 Å². The minimum Gasteiger partial charge on any atom is -0.481 e. The lowest BCUT2D eigenvalue weighted by atomic mass is 10.2. The van der Waals surface area contributed by atoms with Crippen LogP contribution >= 0.6 is 0 Å². The number of hydrogen-bond acceptors (Lipinski definition) is 3. The summed E-state index contributed by atoms with van der Waals surface area (Å²) in [5.74, 6) is -4.81. The van der Waals surface area contributed by atoms with Gasteiger partial charge < -0.3 is 9.52 Å². The van der Waals surface area contributed by atoms with Crippen LogP contribution in [0.1, 0.15) is 24.9 Å². The molecule has 0 fully saturated rings. The third-order valence-electron chi connectivity index (χ3n) is 1.52. The van der Waals surface area contributed by atoms with Crippen LogP contribution in [-0.2, 0) is 17.1 Å². The molecule has 1 N–H and O–H groups in total. The van der Waals surface area contributed by atoms with Gasteiger partial charge in [-0.2, -0.15) is 8.78 Å². The normalized spacial score (nSPS) is 11.6. The van der Waals surface area contributed by atoms with Gasteiger partial charge in [-0.05, 0) is 0 Å². The standard InChI is InChI=1S/C8H9F2NO3/c1-8(9,10)7-11-5(4-14-7)2-3-6(12)13/h4H,2-3H2,1H3,(H,12,13). The topological polar surface area (TPSA) is 63.3 Å². The lowest BCUT2D eigenvalue weighted by Gasteiger charge is -2.02. The molecular weight excluding hydrogens is 196 g/mol. The van der Waals surface area contributed by atoms with E-state index in [1.54, 1.807) is 0 Å². The quantitative estimate of drug-likeness (QED) is 0.814. The van der Waals surface area contributed by atoms with Crippen molar-refractivity contribution in [3.05, 3.63) is 17.8 Å². The fourth-order valence-electron chi connectivity index (χ4n) is 0.858. The summed E-state index contributed by atoms with van der Waals surface area (Å²) in [5.41, 5.74) is 0.226. The first kappa shape index (κ1) is 10.6. The molecule has 1 aromatic heterocycles. The second kappa shape index (κ2) is 3.73. The van der Waals surface area contributed by atoms with Crippen molar-refractivity contribution in [2.24, 2.45) is 0 Å². The zero-order chi connectivity index (χ0) is 10.8. The second-order valence-electron chi connectivity index (χ2n) is 2.93. The lowest BCUT2D eigenvalue weighted by Crippen LogP contribution is -2.07. The molecule has 6 heteroatoms. The molecule has 0 aliphatic rings. The highest BCUT2D eigenvalue weighted by Crippen LogP contribution is 2.25.